The summed E-state index contributed by atoms with van der Waals surface area (Å²) in [7, 11) is 1.64. The molecule has 14 heavy (non-hydrogen) atoms. The maximum Gasteiger partial charge on any atom is 0.135 e. The number of Topliss-reactive ketones (excluding diaryl/α,β-unsaturated/α-hetero) is 1. The number of rotatable bonds is 9. The summed E-state index contributed by atoms with van der Waals surface area (Å²) in [5.74, 6) is 0.318. The molecular formula is C12H22O2. The molecule has 0 bridgehead atoms. The first-order valence-corrected chi connectivity index (χ1v) is 5.36. The van der Waals surface area contributed by atoms with Crippen LogP contribution in [0.15, 0.2) is 12.7 Å². The van der Waals surface area contributed by atoms with Crippen LogP contribution in [0.2, 0.25) is 0 Å². The zero-order chi connectivity index (χ0) is 10.8. The molecule has 0 amide bonds. The second-order valence-corrected chi connectivity index (χ2v) is 3.68. The Bertz CT molecular complexity index is 164. The third-order valence-corrected chi connectivity index (χ3v) is 2.28. The highest BCUT2D eigenvalue weighted by molar-refractivity contribution is 5.78. The Morgan fingerprint density at radius 3 is 2.71 bits per heavy atom. The van der Waals surface area contributed by atoms with Crippen molar-refractivity contribution in [3.05, 3.63) is 12.7 Å². The number of allylic oxidation sites excluding steroid dienone is 1. The Morgan fingerprint density at radius 2 is 2.14 bits per heavy atom. The fourth-order valence-electron chi connectivity index (χ4n) is 1.29. The topological polar surface area (TPSA) is 26.3 Å². The third kappa shape index (κ3) is 7.99. The first kappa shape index (κ1) is 13.4. The van der Waals surface area contributed by atoms with Crippen LogP contribution >= 0.6 is 0 Å². The minimum absolute atomic E-state index is 0.0654. The monoisotopic (exact) mass is 198 g/mol. The zero-order valence-electron chi connectivity index (χ0n) is 9.42. The van der Waals surface area contributed by atoms with Crippen LogP contribution in [-0.2, 0) is 9.53 Å². The summed E-state index contributed by atoms with van der Waals surface area (Å²) in [4.78, 5) is 11.3. The van der Waals surface area contributed by atoms with Crippen LogP contribution in [0.1, 0.15) is 45.4 Å². The number of hydrogen-bond donors (Lipinski definition) is 0. The lowest BCUT2D eigenvalue weighted by Crippen LogP contribution is -2.11. The molecule has 0 aromatic carbocycles. The van der Waals surface area contributed by atoms with Crippen molar-refractivity contribution in [2.45, 2.75) is 51.6 Å². The van der Waals surface area contributed by atoms with Gasteiger partial charge in [0.1, 0.15) is 5.78 Å². The molecule has 0 aliphatic rings. The van der Waals surface area contributed by atoms with E-state index >= 15 is 0 Å². The summed E-state index contributed by atoms with van der Waals surface area (Å²) in [5, 5.41) is 0. The lowest BCUT2D eigenvalue weighted by molar-refractivity contribution is -0.121. The molecule has 2 heteroatoms. The van der Waals surface area contributed by atoms with Gasteiger partial charge in [0.2, 0.25) is 0 Å². The van der Waals surface area contributed by atoms with Crippen molar-refractivity contribution in [2.24, 2.45) is 0 Å². The van der Waals surface area contributed by atoms with Gasteiger partial charge < -0.3 is 4.74 Å². The van der Waals surface area contributed by atoms with E-state index < -0.39 is 0 Å². The van der Waals surface area contributed by atoms with E-state index in [2.05, 4.69) is 6.58 Å². The van der Waals surface area contributed by atoms with Gasteiger partial charge in [-0.25, -0.2) is 0 Å². The van der Waals surface area contributed by atoms with Crippen molar-refractivity contribution in [1.82, 2.24) is 0 Å². The van der Waals surface area contributed by atoms with Gasteiger partial charge in [0.25, 0.3) is 0 Å². The van der Waals surface area contributed by atoms with Gasteiger partial charge in [0, 0.05) is 20.0 Å². The summed E-state index contributed by atoms with van der Waals surface area (Å²) in [6.07, 6.45) is 7.58. The quantitative estimate of drug-likeness (QED) is 0.420. The lowest BCUT2D eigenvalue weighted by atomic mass is 10.1. The smallest absolute Gasteiger partial charge is 0.135 e. The maximum atomic E-state index is 11.3. The molecule has 0 aliphatic heterocycles. The summed E-state index contributed by atoms with van der Waals surface area (Å²) >= 11 is 0. The highest BCUT2D eigenvalue weighted by atomic mass is 16.5. The van der Waals surface area contributed by atoms with E-state index in [4.69, 9.17) is 4.74 Å². The molecule has 0 saturated heterocycles. The molecule has 2 nitrogen and oxygen atoms in total. The average molecular weight is 198 g/mol. The molecule has 0 rings (SSSR count). The van der Waals surface area contributed by atoms with Crippen LogP contribution in [0.5, 0.6) is 0 Å². The SMILES string of the molecule is C=CCCCCCC(=O)CC(C)OC. The Morgan fingerprint density at radius 1 is 1.43 bits per heavy atom. The molecule has 1 unspecified atom stereocenters. The van der Waals surface area contributed by atoms with E-state index in [9.17, 15) is 4.79 Å². The standard InChI is InChI=1S/C12H22O2/c1-4-5-6-7-8-9-12(13)10-11(2)14-3/h4,11H,1,5-10H2,2-3H3. The molecule has 82 valence electrons. The van der Waals surface area contributed by atoms with Crippen molar-refractivity contribution in [1.29, 1.82) is 0 Å². The highest BCUT2D eigenvalue weighted by Gasteiger charge is 2.07. The van der Waals surface area contributed by atoms with Gasteiger partial charge in [0.15, 0.2) is 0 Å². The predicted molar refractivity (Wildman–Crippen MR) is 59.4 cm³/mol. The maximum absolute atomic E-state index is 11.3. The lowest BCUT2D eigenvalue weighted by Gasteiger charge is -2.07. The molecule has 0 heterocycles. The Hall–Kier alpha value is -0.630. The normalized spacial score (nSPS) is 12.4. The molecule has 1 atom stereocenters. The minimum Gasteiger partial charge on any atom is -0.381 e. The van der Waals surface area contributed by atoms with Crippen LogP contribution in [0.25, 0.3) is 0 Å². The van der Waals surface area contributed by atoms with Crippen LogP contribution in [0.4, 0.5) is 0 Å². The molecule has 0 radical (unpaired) electrons. The molecule has 0 fully saturated rings. The van der Waals surface area contributed by atoms with Gasteiger partial charge >= 0.3 is 0 Å². The van der Waals surface area contributed by atoms with Crippen molar-refractivity contribution in [3.8, 4) is 0 Å². The van der Waals surface area contributed by atoms with Gasteiger partial charge in [-0.15, -0.1) is 6.58 Å². The Kier molecular flexibility index (Phi) is 8.54. The van der Waals surface area contributed by atoms with Gasteiger partial charge in [-0.1, -0.05) is 12.5 Å². The van der Waals surface area contributed by atoms with E-state index in [0.29, 0.717) is 18.6 Å². The molecule has 0 spiro atoms. The number of carbonyl (C=O) groups excluding carboxylic acids is 1. The van der Waals surface area contributed by atoms with Crippen LogP contribution in [0.3, 0.4) is 0 Å². The second-order valence-electron chi connectivity index (χ2n) is 3.68. The van der Waals surface area contributed by atoms with E-state index in [1.807, 2.05) is 13.0 Å². The van der Waals surface area contributed by atoms with E-state index in [1.165, 1.54) is 0 Å². The zero-order valence-corrected chi connectivity index (χ0v) is 9.42. The Labute approximate surface area is 87.3 Å². The summed E-state index contributed by atoms with van der Waals surface area (Å²) in [6.45, 7) is 5.59. The number of unbranched alkanes of at least 4 members (excludes halogenated alkanes) is 3. The number of ketones is 1. The van der Waals surface area contributed by atoms with E-state index in [-0.39, 0.29) is 6.10 Å². The molecule has 0 aromatic rings. The minimum atomic E-state index is 0.0654. The summed E-state index contributed by atoms with van der Waals surface area (Å²) in [6, 6.07) is 0. The van der Waals surface area contributed by atoms with Gasteiger partial charge in [-0.3, -0.25) is 4.79 Å². The fourth-order valence-corrected chi connectivity index (χ4v) is 1.29. The van der Waals surface area contributed by atoms with Crippen molar-refractivity contribution < 1.29 is 9.53 Å². The van der Waals surface area contributed by atoms with E-state index in [0.717, 1.165) is 25.7 Å². The number of carbonyl (C=O) groups is 1. The van der Waals surface area contributed by atoms with Crippen LogP contribution in [-0.4, -0.2) is 19.0 Å². The summed E-state index contributed by atoms with van der Waals surface area (Å²) in [5.41, 5.74) is 0. The molecule has 0 saturated carbocycles. The molecular weight excluding hydrogens is 176 g/mol. The average Bonchev–Trinajstić information content (AvgIpc) is 2.17. The summed E-state index contributed by atoms with van der Waals surface area (Å²) < 4.78 is 5.03. The van der Waals surface area contributed by atoms with Crippen molar-refractivity contribution in [3.63, 3.8) is 0 Å². The van der Waals surface area contributed by atoms with Crippen LogP contribution < -0.4 is 0 Å². The van der Waals surface area contributed by atoms with Gasteiger partial charge in [0.05, 0.1) is 6.10 Å². The largest absolute Gasteiger partial charge is 0.381 e. The number of hydrogen-bond acceptors (Lipinski definition) is 2. The molecule has 0 N–H and O–H groups in total. The van der Waals surface area contributed by atoms with E-state index in [1.54, 1.807) is 7.11 Å². The fraction of sp³-hybridized carbons (Fsp3) is 0.750. The number of methoxy groups -OCH3 is 1. The molecule has 0 aromatic heterocycles. The van der Waals surface area contributed by atoms with Gasteiger partial charge in [-0.05, 0) is 26.2 Å². The Balaban J connectivity index is 3.31. The second kappa shape index (κ2) is 8.95. The first-order chi connectivity index (χ1) is 6.70. The molecule has 0 aliphatic carbocycles. The number of ether oxygens (including phenoxy) is 1. The van der Waals surface area contributed by atoms with Crippen molar-refractivity contribution >= 4 is 5.78 Å². The van der Waals surface area contributed by atoms with Crippen molar-refractivity contribution in [2.75, 3.05) is 7.11 Å². The predicted octanol–water partition coefficient (Wildman–Crippen LogP) is 3.12. The first-order valence-electron chi connectivity index (χ1n) is 5.36. The van der Waals surface area contributed by atoms with Gasteiger partial charge in [-0.2, -0.15) is 0 Å². The highest BCUT2D eigenvalue weighted by Crippen LogP contribution is 2.07. The van der Waals surface area contributed by atoms with Crippen LogP contribution in [0, 0.1) is 0 Å². The third-order valence-electron chi connectivity index (χ3n) is 2.28.